The molecule has 3 N–H and O–H groups in total. The fraction of sp³-hybridized carbons (Fsp3) is 0.231. The van der Waals surface area contributed by atoms with E-state index in [4.69, 9.17) is 10.6 Å². The van der Waals surface area contributed by atoms with E-state index in [1.54, 1.807) is 0 Å². The fourth-order valence-corrected chi connectivity index (χ4v) is 2.37. The van der Waals surface area contributed by atoms with Crippen LogP contribution < -0.4 is 16.0 Å². The Kier molecular flexibility index (Phi) is 4.48. The van der Waals surface area contributed by atoms with E-state index in [0.29, 0.717) is 17.9 Å². The monoisotopic (exact) mass is 277 g/mol. The zero-order valence-electron chi connectivity index (χ0n) is 10.6. The van der Waals surface area contributed by atoms with E-state index in [1.165, 1.54) is 17.5 Å². The van der Waals surface area contributed by atoms with Gasteiger partial charge in [-0.1, -0.05) is 18.2 Å². The number of hydrazine groups is 1. The molecule has 1 aromatic carbocycles. The summed E-state index contributed by atoms with van der Waals surface area (Å²) in [6.45, 7) is 2.53. The molecule has 0 aliphatic heterocycles. The predicted molar refractivity (Wildman–Crippen MR) is 74.1 cm³/mol. The van der Waals surface area contributed by atoms with Gasteiger partial charge in [-0.05, 0) is 18.6 Å². The van der Waals surface area contributed by atoms with Crippen molar-refractivity contribution >= 4 is 17.2 Å². The molecule has 0 fully saturated rings. The number of carbonyl (C=O) groups excluding carboxylic acids is 1. The lowest BCUT2D eigenvalue weighted by Crippen LogP contribution is -2.29. The molecule has 0 saturated carbocycles. The number of para-hydroxylation sites is 1. The molecule has 0 aliphatic rings. The van der Waals surface area contributed by atoms with E-state index in [9.17, 15) is 4.79 Å². The summed E-state index contributed by atoms with van der Waals surface area (Å²) in [5.41, 5.74) is 3.19. The summed E-state index contributed by atoms with van der Waals surface area (Å²) in [6, 6.07) is 7.85. The van der Waals surface area contributed by atoms with Gasteiger partial charge in [-0.3, -0.25) is 10.2 Å². The highest BCUT2D eigenvalue weighted by atomic mass is 32.1. The minimum absolute atomic E-state index is 0.316. The number of hydrogen-bond donors (Lipinski definition) is 2. The van der Waals surface area contributed by atoms with E-state index in [2.05, 4.69) is 10.4 Å². The van der Waals surface area contributed by atoms with E-state index >= 15 is 0 Å². The number of amides is 1. The molecule has 100 valence electrons. The van der Waals surface area contributed by atoms with E-state index in [0.717, 1.165) is 16.3 Å². The van der Waals surface area contributed by atoms with Crippen LogP contribution in [0, 0.1) is 6.92 Å². The van der Waals surface area contributed by atoms with Crippen LogP contribution in [0.15, 0.2) is 30.5 Å². The van der Waals surface area contributed by atoms with Crippen molar-refractivity contribution in [2.24, 2.45) is 5.84 Å². The van der Waals surface area contributed by atoms with Crippen LogP contribution in [-0.4, -0.2) is 17.5 Å². The number of rotatable bonds is 5. The van der Waals surface area contributed by atoms with Crippen molar-refractivity contribution in [3.63, 3.8) is 0 Å². The van der Waals surface area contributed by atoms with Crippen LogP contribution in [0.4, 0.5) is 0 Å². The highest BCUT2D eigenvalue weighted by Gasteiger charge is 2.09. The van der Waals surface area contributed by atoms with Gasteiger partial charge in [0.15, 0.2) is 0 Å². The first-order valence-electron chi connectivity index (χ1n) is 5.85. The molecular weight excluding hydrogens is 262 g/mol. The molecular formula is C13H15N3O2S. The minimum Gasteiger partial charge on any atom is -0.493 e. The number of benzene rings is 1. The second-order valence-electron chi connectivity index (χ2n) is 3.96. The molecule has 5 nitrogen and oxygen atoms in total. The molecule has 0 unspecified atom stereocenters. The third kappa shape index (κ3) is 3.52. The maximum absolute atomic E-state index is 11.3. The zero-order valence-corrected chi connectivity index (χ0v) is 11.4. The van der Waals surface area contributed by atoms with Gasteiger partial charge in [-0.25, -0.2) is 10.8 Å². The molecule has 0 spiro atoms. The molecule has 1 heterocycles. The summed E-state index contributed by atoms with van der Waals surface area (Å²) >= 11 is 1.32. The Bertz CT molecular complexity index is 569. The van der Waals surface area contributed by atoms with Crippen LogP contribution in [0.1, 0.15) is 20.2 Å². The van der Waals surface area contributed by atoms with Crippen LogP contribution in [-0.2, 0) is 6.42 Å². The van der Waals surface area contributed by atoms with Gasteiger partial charge in [-0.2, -0.15) is 0 Å². The number of nitrogens with one attached hydrogen (secondary N) is 1. The molecule has 1 amide bonds. The smallest absolute Gasteiger partial charge is 0.276 e. The second kappa shape index (κ2) is 6.31. The Morgan fingerprint density at radius 1 is 1.47 bits per heavy atom. The van der Waals surface area contributed by atoms with Gasteiger partial charge in [0.25, 0.3) is 5.91 Å². The number of aromatic nitrogens is 1. The molecule has 0 atom stereocenters. The molecule has 6 heteroatoms. The number of nitrogens with zero attached hydrogens (tertiary/aromatic N) is 1. The number of ether oxygens (including phenoxy) is 1. The van der Waals surface area contributed by atoms with Gasteiger partial charge in [0.1, 0.15) is 10.6 Å². The SMILES string of the molecule is Cc1ccccc1OCCc1ncc(C(=O)NN)s1. The summed E-state index contributed by atoms with van der Waals surface area (Å²) in [5, 5.41) is 0.854. The number of nitrogen functional groups attached to an aromatic ring is 1. The highest BCUT2D eigenvalue weighted by Crippen LogP contribution is 2.17. The molecule has 0 bridgehead atoms. The maximum Gasteiger partial charge on any atom is 0.276 e. The van der Waals surface area contributed by atoms with Gasteiger partial charge in [-0.15, -0.1) is 11.3 Å². The topological polar surface area (TPSA) is 77.2 Å². The first-order valence-corrected chi connectivity index (χ1v) is 6.66. The lowest BCUT2D eigenvalue weighted by atomic mass is 10.2. The molecule has 0 saturated heterocycles. The van der Waals surface area contributed by atoms with E-state index in [1.807, 2.05) is 31.2 Å². The largest absolute Gasteiger partial charge is 0.493 e. The number of nitrogens with two attached hydrogens (primary N) is 1. The van der Waals surface area contributed by atoms with Crippen molar-refractivity contribution in [3.8, 4) is 5.75 Å². The average molecular weight is 277 g/mol. The molecule has 0 aliphatic carbocycles. The molecule has 19 heavy (non-hydrogen) atoms. The molecule has 1 aromatic heterocycles. The zero-order chi connectivity index (χ0) is 13.7. The normalized spacial score (nSPS) is 10.2. The standard InChI is InChI=1S/C13H15N3O2S/c1-9-4-2-3-5-10(9)18-7-6-12-15-8-11(19-12)13(17)16-14/h2-5,8H,6-7,14H2,1H3,(H,16,17). The van der Waals surface area contributed by atoms with Crippen LogP contribution in [0.2, 0.25) is 0 Å². The van der Waals surface area contributed by atoms with Crippen LogP contribution in [0.25, 0.3) is 0 Å². The Morgan fingerprint density at radius 3 is 3.00 bits per heavy atom. The first kappa shape index (κ1) is 13.5. The second-order valence-corrected chi connectivity index (χ2v) is 5.07. The fourth-order valence-electron chi connectivity index (χ4n) is 1.57. The van der Waals surface area contributed by atoms with Gasteiger partial charge in [0.05, 0.1) is 17.8 Å². The summed E-state index contributed by atoms with van der Waals surface area (Å²) in [6.07, 6.45) is 2.19. The molecule has 2 rings (SSSR count). The van der Waals surface area contributed by atoms with Crippen molar-refractivity contribution in [1.82, 2.24) is 10.4 Å². The number of aryl methyl sites for hydroxylation is 1. The third-order valence-electron chi connectivity index (χ3n) is 2.58. The average Bonchev–Trinajstić information content (AvgIpc) is 2.89. The Hall–Kier alpha value is -1.92. The molecule has 0 radical (unpaired) electrons. The quantitative estimate of drug-likeness (QED) is 0.495. The summed E-state index contributed by atoms with van der Waals surface area (Å²) in [7, 11) is 0. The van der Waals surface area contributed by atoms with Crippen LogP contribution in [0.3, 0.4) is 0 Å². The Labute approximate surface area is 115 Å². The summed E-state index contributed by atoms with van der Waals surface area (Å²) < 4.78 is 5.68. The number of hydrogen-bond acceptors (Lipinski definition) is 5. The van der Waals surface area contributed by atoms with Crippen molar-refractivity contribution in [1.29, 1.82) is 0 Å². The Morgan fingerprint density at radius 2 is 2.26 bits per heavy atom. The number of thiazole rings is 1. The molecule has 2 aromatic rings. The lowest BCUT2D eigenvalue weighted by Gasteiger charge is -2.07. The van der Waals surface area contributed by atoms with Gasteiger partial charge < -0.3 is 4.74 Å². The first-order chi connectivity index (χ1) is 9.20. The van der Waals surface area contributed by atoms with Crippen molar-refractivity contribution in [3.05, 3.63) is 45.9 Å². The van der Waals surface area contributed by atoms with Crippen molar-refractivity contribution < 1.29 is 9.53 Å². The van der Waals surface area contributed by atoms with Gasteiger partial charge >= 0.3 is 0 Å². The summed E-state index contributed by atoms with van der Waals surface area (Å²) in [4.78, 5) is 15.9. The highest BCUT2D eigenvalue weighted by molar-refractivity contribution is 7.13. The van der Waals surface area contributed by atoms with E-state index < -0.39 is 0 Å². The van der Waals surface area contributed by atoms with Crippen LogP contribution >= 0.6 is 11.3 Å². The van der Waals surface area contributed by atoms with Crippen LogP contribution in [0.5, 0.6) is 5.75 Å². The van der Waals surface area contributed by atoms with E-state index in [-0.39, 0.29) is 5.91 Å². The van der Waals surface area contributed by atoms with Gasteiger partial charge in [0, 0.05) is 6.42 Å². The third-order valence-corrected chi connectivity index (χ3v) is 3.63. The maximum atomic E-state index is 11.3. The summed E-state index contributed by atoms with van der Waals surface area (Å²) in [5.74, 6) is 5.62. The minimum atomic E-state index is -0.316. The van der Waals surface area contributed by atoms with Crippen molar-refractivity contribution in [2.75, 3.05) is 6.61 Å². The number of carbonyl (C=O) groups is 1. The van der Waals surface area contributed by atoms with Gasteiger partial charge in [0.2, 0.25) is 0 Å². The predicted octanol–water partition coefficient (Wildman–Crippen LogP) is 1.68. The lowest BCUT2D eigenvalue weighted by molar-refractivity contribution is 0.0957. The Balaban J connectivity index is 1.88. The van der Waals surface area contributed by atoms with Crippen molar-refractivity contribution in [2.45, 2.75) is 13.3 Å².